The van der Waals surface area contributed by atoms with Gasteiger partial charge in [-0.25, -0.2) is 0 Å². The molecule has 20 heavy (non-hydrogen) atoms. The zero-order chi connectivity index (χ0) is 14.7. The summed E-state index contributed by atoms with van der Waals surface area (Å²) in [6.45, 7) is 1.92. The maximum absolute atomic E-state index is 5.94. The first kappa shape index (κ1) is 14.5. The average molecular weight is 338 g/mol. The number of hydrogen-bond acceptors (Lipinski definition) is 4. The molecule has 0 aliphatic carbocycles. The normalized spacial score (nSPS) is 10.2. The summed E-state index contributed by atoms with van der Waals surface area (Å²) in [4.78, 5) is 0. The molecule has 0 aromatic heterocycles. The molecule has 2 N–H and O–H groups in total. The highest BCUT2D eigenvalue weighted by Gasteiger charge is 2.14. The fourth-order valence-electron chi connectivity index (χ4n) is 1.78. The third-order valence-corrected chi connectivity index (χ3v) is 3.53. The molecule has 0 fully saturated rings. The predicted molar refractivity (Wildman–Crippen MR) is 82.9 cm³/mol. The van der Waals surface area contributed by atoms with Crippen LogP contribution in [0.25, 0.3) is 0 Å². The lowest BCUT2D eigenvalue weighted by atomic mass is 10.2. The largest absolute Gasteiger partial charge is 0.493 e. The molecule has 0 heterocycles. The molecular weight excluding hydrogens is 322 g/mol. The van der Waals surface area contributed by atoms with Gasteiger partial charge >= 0.3 is 0 Å². The molecule has 0 aliphatic heterocycles. The average Bonchev–Trinajstić information content (AvgIpc) is 2.44. The van der Waals surface area contributed by atoms with Gasteiger partial charge in [0.2, 0.25) is 5.75 Å². The van der Waals surface area contributed by atoms with E-state index in [4.69, 9.17) is 19.9 Å². The van der Waals surface area contributed by atoms with E-state index in [0.29, 0.717) is 28.7 Å². The van der Waals surface area contributed by atoms with E-state index >= 15 is 0 Å². The lowest BCUT2D eigenvalue weighted by molar-refractivity contribution is 0.345. The van der Waals surface area contributed by atoms with Gasteiger partial charge in [-0.1, -0.05) is 6.07 Å². The number of rotatable bonds is 4. The first-order valence-corrected chi connectivity index (χ1v) is 6.80. The highest BCUT2D eigenvalue weighted by molar-refractivity contribution is 9.10. The Morgan fingerprint density at radius 2 is 1.60 bits per heavy atom. The molecule has 2 aromatic rings. The van der Waals surface area contributed by atoms with Crippen molar-refractivity contribution in [2.24, 2.45) is 0 Å². The second-order valence-electron chi connectivity index (χ2n) is 4.23. The molecule has 0 amide bonds. The Kier molecular flexibility index (Phi) is 4.39. The fraction of sp³-hybridized carbons (Fsp3) is 0.200. The number of ether oxygens (including phenoxy) is 3. The maximum Gasteiger partial charge on any atom is 0.211 e. The summed E-state index contributed by atoms with van der Waals surface area (Å²) in [5.74, 6) is 2.39. The zero-order valence-corrected chi connectivity index (χ0v) is 13.2. The number of halogens is 1. The first-order valence-electron chi connectivity index (χ1n) is 6.01. The van der Waals surface area contributed by atoms with E-state index in [9.17, 15) is 0 Å². The summed E-state index contributed by atoms with van der Waals surface area (Å²) in [7, 11) is 3.18. The van der Waals surface area contributed by atoms with Crippen LogP contribution in [0.2, 0.25) is 0 Å². The summed E-state index contributed by atoms with van der Waals surface area (Å²) in [6, 6.07) is 9.15. The van der Waals surface area contributed by atoms with Crippen molar-refractivity contribution in [2.75, 3.05) is 20.0 Å². The van der Waals surface area contributed by atoms with Crippen LogP contribution in [0.3, 0.4) is 0 Å². The van der Waals surface area contributed by atoms with Gasteiger partial charge in [0.25, 0.3) is 0 Å². The minimum absolute atomic E-state index is 0.530. The third kappa shape index (κ3) is 2.82. The van der Waals surface area contributed by atoms with Crippen LogP contribution in [0, 0.1) is 6.92 Å². The highest BCUT2D eigenvalue weighted by atomic mass is 79.9. The zero-order valence-electron chi connectivity index (χ0n) is 11.6. The van der Waals surface area contributed by atoms with Crippen LogP contribution in [-0.4, -0.2) is 14.2 Å². The van der Waals surface area contributed by atoms with Gasteiger partial charge in [0.15, 0.2) is 11.5 Å². The minimum Gasteiger partial charge on any atom is -0.493 e. The van der Waals surface area contributed by atoms with Gasteiger partial charge in [-0.3, -0.25) is 0 Å². The van der Waals surface area contributed by atoms with Crippen LogP contribution in [0.5, 0.6) is 23.0 Å². The smallest absolute Gasteiger partial charge is 0.211 e. The maximum atomic E-state index is 5.94. The summed E-state index contributed by atoms with van der Waals surface area (Å²) in [6.07, 6.45) is 0. The topological polar surface area (TPSA) is 53.7 Å². The number of anilines is 1. The van der Waals surface area contributed by atoms with Gasteiger partial charge in [-0.2, -0.15) is 0 Å². The van der Waals surface area contributed by atoms with E-state index in [1.807, 2.05) is 37.3 Å². The van der Waals surface area contributed by atoms with Gasteiger partial charge in [-0.15, -0.1) is 0 Å². The fourth-order valence-corrected chi connectivity index (χ4v) is 2.22. The van der Waals surface area contributed by atoms with Gasteiger partial charge < -0.3 is 19.9 Å². The molecule has 0 saturated heterocycles. The number of methoxy groups -OCH3 is 2. The molecule has 0 radical (unpaired) electrons. The Labute approximate surface area is 126 Å². The van der Waals surface area contributed by atoms with Crippen molar-refractivity contribution >= 4 is 21.6 Å². The van der Waals surface area contributed by atoms with E-state index < -0.39 is 0 Å². The van der Waals surface area contributed by atoms with Crippen molar-refractivity contribution in [1.29, 1.82) is 0 Å². The molecular formula is C15H16BrNO3. The van der Waals surface area contributed by atoms with Crippen molar-refractivity contribution in [2.45, 2.75) is 6.92 Å². The Bertz CT molecular complexity index is 607. The first-order chi connectivity index (χ1) is 9.56. The second kappa shape index (κ2) is 6.05. The summed E-state index contributed by atoms with van der Waals surface area (Å²) in [5.41, 5.74) is 7.51. The number of para-hydroxylation sites is 1. The van der Waals surface area contributed by atoms with E-state index in [-0.39, 0.29) is 0 Å². The van der Waals surface area contributed by atoms with Crippen molar-refractivity contribution in [3.05, 3.63) is 40.4 Å². The highest BCUT2D eigenvalue weighted by Crippen LogP contribution is 2.42. The quantitative estimate of drug-likeness (QED) is 0.851. The van der Waals surface area contributed by atoms with E-state index in [1.165, 1.54) is 0 Å². The number of nitrogen functional groups attached to an aromatic ring is 1. The monoisotopic (exact) mass is 337 g/mol. The molecule has 0 aliphatic rings. The van der Waals surface area contributed by atoms with Gasteiger partial charge in [0, 0.05) is 5.69 Å². The van der Waals surface area contributed by atoms with Crippen LogP contribution in [-0.2, 0) is 0 Å². The second-order valence-corrected chi connectivity index (χ2v) is 5.09. The van der Waals surface area contributed by atoms with Crippen LogP contribution >= 0.6 is 15.9 Å². The third-order valence-electron chi connectivity index (χ3n) is 2.92. The molecule has 2 aromatic carbocycles. The van der Waals surface area contributed by atoms with Gasteiger partial charge in [0.05, 0.1) is 18.7 Å². The Hall–Kier alpha value is -1.88. The van der Waals surface area contributed by atoms with Crippen molar-refractivity contribution in [3.63, 3.8) is 0 Å². The summed E-state index contributed by atoms with van der Waals surface area (Å²) < 4.78 is 17.3. The molecule has 0 bridgehead atoms. The lowest BCUT2D eigenvalue weighted by Crippen LogP contribution is -1.96. The minimum atomic E-state index is 0.530. The standard InChI is InChI=1S/C15H16BrNO3/c1-9-7-14(10(16)8-11(9)17)20-15-12(18-2)5-4-6-13(15)19-3/h4-8H,17H2,1-3H3. The molecule has 0 unspecified atom stereocenters. The summed E-state index contributed by atoms with van der Waals surface area (Å²) >= 11 is 3.45. The molecule has 0 saturated carbocycles. The lowest BCUT2D eigenvalue weighted by Gasteiger charge is -2.15. The van der Waals surface area contributed by atoms with Gasteiger partial charge in [-0.05, 0) is 52.7 Å². The molecule has 5 heteroatoms. The van der Waals surface area contributed by atoms with Crippen LogP contribution in [0.15, 0.2) is 34.8 Å². The Morgan fingerprint density at radius 1 is 1.00 bits per heavy atom. The number of nitrogens with two attached hydrogens (primary N) is 1. The molecule has 106 valence electrons. The number of hydrogen-bond donors (Lipinski definition) is 1. The molecule has 4 nitrogen and oxygen atoms in total. The Morgan fingerprint density at radius 3 is 2.15 bits per heavy atom. The van der Waals surface area contributed by atoms with E-state index in [1.54, 1.807) is 14.2 Å². The SMILES string of the molecule is COc1cccc(OC)c1Oc1cc(C)c(N)cc1Br. The van der Waals surface area contributed by atoms with Crippen LogP contribution < -0.4 is 19.9 Å². The number of aryl methyl sites for hydroxylation is 1. The van der Waals surface area contributed by atoms with Crippen molar-refractivity contribution in [3.8, 4) is 23.0 Å². The van der Waals surface area contributed by atoms with Crippen molar-refractivity contribution in [1.82, 2.24) is 0 Å². The Balaban J connectivity index is 2.47. The predicted octanol–water partition coefficient (Wildman–Crippen LogP) is 4.15. The van der Waals surface area contributed by atoms with Crippen LogP contribution in [0.1, 0.15) is 5.56 Å². The van der Waals surface area contributed by atoms with E-state index in [2.05, 4.69) is 15.9 Å². The number of benzene rings is 2. The van der Waals surface area contributed by atoms with E-state index in [0.717, 1.165) is 10.0 Å². The summed E-state index contributed by atoms with van der Waals surface area (Å²) in [5, 5.41) is 0. The van der Waals surface area contributed by atoms with Crippen LogP contribution in [0.4, 0.5) is 5.69 Å². The van der Waals surface area contributed by atoms with Gasteiger partial charge in [0.1, 0.15) is 5.75 Å². The molecule has 2 rings (SSSR count). The molecule has 0 spiro atoms. The molecule has 0 atom stereocenters. The van der Waals surface area contributed by atoms with Crippen molar-refractivity contribution < 1.29 is 14.2 Å².